The molecule has 0 fully saturated rings. The Balaban J connectivity index is 3.02. The number of hydrogen-bond donors (Lipinski definition) is 0. The lowest BCUT2D eigenvalue weighted by molar-refractivity contribution is 0.328. The minimum Gasteiger partial charge on any atom is -0.419 e. The van der Waals surface area contributed by atoms with Crippen LogP contribution in [0.1, 0.15) is 72.1 Å². The molecule has 3 heteroatoms. The van der Waals surface area contributed by atoms with Crippen LogP contribution in [0.4, 0.5) is 0 Å². The van der Waals surface area contributed by atoms with Crippen molar-refractivity contribution in [1.29, 1.82) is 0 Å². The van der Waals surface area contributed by atoms with Crippen LogP contribution < -0.4 is 5.19 Å². The molecule has 0 unspecified atom stereocenters. The molecule has 0 aliphatic carbocycles. The predicted octanol–water partition coefficient (Wildman–Crippen LogP) is 6.82. The monoisotopic (exact) mass is 378 g/mol. The summed E-state index contributed by atoms with van der Waals surface area (Å²) in [5.41, 5.74) is 0. The van der Waals surface area contributed by atoms with Crippen molar-refractivity contribution in [3.8, 4) is 0 Å². The molecular weight excluding hydrogens is 336 g/mol. The van der Waals surface area contributed by atoms with Gasteiger partial charge in [-0.3, -0.25) is 0 Å². The molecule has 0 aliphatic heterocycles. The average Bonchev–Trinajstić information content (AvgIpc) is 2.62. The Kier molecular flexibility index (Phi) is 10.9. The van der Waals surface area contributed by atoms with Crippen LogP contribution in [0, 0.1) is 0 Å². The highest BCUT2D eigenvalue weighted by Crippen LogP contribution is 2.33. The Bertz CT molecular complexity index is 433. The van der Waals surface area contributed by atoms with Gasteiger partial charge >= 0.3 is 0 Å². The second-order valence-corrected chi connectivity index (χ2v) is 21.6. The number of unbranched alkanes of at least 4 members (excludes halogenated alkanes) is 6. The maximum atomic E-state index is 6.81. The van der Waals surface area contributed by atoms with E-state index in [9.17, 15) is 0 Å². The SMILES string of the molecule is CCCCCC[Si](CCCCCC)(OCC)[Si](C)(C)c1ccccc1. The summed E-state index contributed by atoms with van der Waals surface area (Å²) in [5.74, 6) is 0. The molecule has 0 saturated carbocycles. The molecule has 0 atom stereocenters. The zero-order valence-corrected chi connectivity index (χ0v) is 19.6. The van der Waals surface area contributed by atoms with E-state index in [-0.39, 0.29) is 0 Å². The lowest BCUT2D eigenvalue weighted by Gasteiger charge is -2.44. The summed E-state index contributed by atoms with van der Waals surface area (Å²) in [6, 6.07) is 14.1. The van der Waals surface area contributed by atoms with E-state index < -0.39 is 15.4 Å². The largest absolute Gasteiger partial charge is 0.419 e. The van der Waals surface area contributed by atoms with Crippen molar-refractivity contribution in [3.63, 3.8) is 0 Å². The Morgan fingerprint density at radius 3 is 1.68 bits per heavy atom. The normalized spacial score (nSPS) is 12.5. The van der Waals surface area contributed by atoms with E-state index in [2.05, 4.69) is 64.2 Å². The quantitative estimate of drug-likeness (QED) is 0.255. The van der Waals surface area contributed by atoms with Crippen LogP contribution in [0.25, 0.3) is 0 Å². The standard InChI is InChI=1S/C22H42OSi2/c1-6-9-11-16-20-25(23-8-3,21-17-12-10-7-2)24(4,5)22-18-14-13-15-19-22/h13-15,18-19H,6-12,16-17,20-21H2,1-5H3. The molecule has 1 nitrogen and oxygen atoms in total. The van der Waals surface area contributed by atoms with Gasteiger partial charge < -0.3 is 4.43 Å². The molecule has 0 N–H and O–H groups in total. The fraction of sp³-hybridized carbons (Fsp3) is 0.727. The van der Waals surface area contributed by atoms with Crippen LogP contribution in [-0.4, -0.2) is 22.0 Å². The van der Waals surface area contributed by atoms with Gasteiger partial charge in [-0.15, -0.1) is 0 Å². The molecular formula is C22H42OSi2. The number of rotatable bonds is 14. The predicted molar refractivity (Wildman–Crippen MR) is 119 cm³/mol. The highest BCUT2D eigenvalue weighted by molar-refractivity contribution is 7.44. The van der Waals surface area contributed by atoms with Gasteiger partial charge in [0.2, 0.25) is 0 Å². The van der Waals surface area contributed by atoms with Crippen molar-refractivity contribution in [2.24, 2.45) is 0 Å². The third kappa shape index (κ3) is 6.69. The van der Waals surface area contributed by atoms with Crippen LogP contribution in [0.3, 0.4) is 0 Å². The topological polar surface area (TPSA) is 9.23 Å². The molecule has 0 radical (unpaired) electrons. The summed E-state index contributed by atoms with van der Waals surface area (Å²) >= 11 is 0. The average molecular weight is 379 g/mol. The van der Waals surface area contributed by atoms with E-state index in [4.69, 9.17) is 4.43 Å². The van der Waals surface area contributed by atoms with E-state index in [1.165, 1.54) is 63.5 Å². The van der Waals surface area contributed by atoms with Crippen molar-refractivity contribution < 1.29 is 4.43 Å². The third-order valence-electron chi connectivity index (χ3n) is 5.92. The summed E-state index contributed by atoms with van der Waals surface area (Å²) in [5, 5.41) is 1.61. The van der Waals surface area contributed by atoms with Gasteiger partial charge in [0.1, 0.15) is 7.59 Å². The van der Waals surface area contributed by atoms with E-state index in [0.29, 0.717) is 0 Å². The summed E-state index contributed by atoms with van der Waals surface area (Å²) < 4.78 is 6.81. The van der Waals surface area contributed by atoms with E-state index in [0.717, 1.165) is 6.61 Å². The van der Waals surface area contributed by atoms with Gasteiger partial charge in [-0.1, -0.05) is 114 Å². The fourth-order valence-electron chi connectivity index (χ4n) is 4.14. The molecule has 1 aromatic rings. The van der Waals surface area contributed by atoms with Crippen molar-refractivity contribution in [1.82, 2.24) is 0 Å². The molecule has 25 heavy (non-hydrogen) atoms. The van der Waals surface area contributed by atoms with Gasteiger partial charge in [-0.2, -0.15) is 0 Å². The minimum atomic E-state index is -1.73. The van der Waals surface area contributed by atoms with Gasteiger partial charge in [-0.05, 0) is 19.0 Å². The van der Waals surface area contributed by atoms with Crippen molar-refractivity contribution >= 4 is 20.6 Å². The van der Waals surface area contributed by atoms with Gasteiger partial charge in [0.05, 0.1) is 0 Å². The smallest absolute Gasteiger partial charge is 0.184 e. The third-order valence-corrected chi connectivity index (χ3v) is 22.8. The van der Waals surface area contributed by atoms with E-state index in [1.807, 2.05) is 0 Å². The molecule has 1 aromatic carbocycles. The molecule has 0 amide bonds. The summed E-state index contributed by atoms with van der Waals surface area (Å²) in [6.07, 6.45) is 10.9. The summed E-state index contributed by atoms with van der Waals surface area (Å²) in [6.45, 7) is 12.9. The minimum absolute atomic E-state index is 0.900. The molecule has 0 bridgehead atoms. The molecule has 0 aromatic heterocycles. The highest BCUT2D eigenvalue weighted by atomic mass is 29.3. The van der Waals surface area contributed by atoms with E-state index in [1.54, 1.807) is 5.19 Å². The molecule has 144 valence electrons. The number of hydrogen-bond acceptors (Lipinski definition) is 1. The van der Waals surface area contributed by atoms with Crippen molar-refractivity contribution in [2.45, 2.75) is 97.3 Å². The zero-order valence-electron chi connectivity index (χ0n) is 17.6. The van der Waals surface area contributed by atoms with Crippen LogP contribution in [0.15, 0.2) is 30.3 Å². The Morgan fingerprint density at radius 2 is 1.24 bits per heavy atom. The second kappa shape index (κ2) is 12.1. The summed E-state index contributed by atoms with van der Waals surface area (Å²) in [4.78, 5) is 0. The van der Waals surface area contributed by atoms with Crippen molar-refractivity contribution in [3.05, 3.63) is 30.3 Å². The lowest BCUT2D eigenvalue weighted by Crippen LogP contribution is -2.67. The van der Waals surface area contributed by atoms with Crippen molar-refractivity contribution in [2.75, 3.05) is 6.61 Å². The van der Waals surface area contributed by atoms with Crippen LogP contribution >= 0.6 is 0 Å². The first-order chi connectivity index (χ1) is 12.0. The van der Waals surface area contributed by atoms with Crippen LogP contribution in [-0.2, 0) is 4.43 Å². The first kappa shape index (κ1) is 22.7. The Hall–Kier alpha value is -0.386. The van der Waals surface area contributed by atoms with E-state index >= 15 is 0 Å². The van der Waals surface area contributed by atoms with Crippen LogP contribution in [0.2, 0.25) is 25.2 Å². The Morgan fingerprint density at radius 1 is 0.720 bits per heavy atom. The second-order valence-electron chi connectivity index (χ2n) is 8.04. The lowest BCUT2D eigenvalue weighted by atomic mass is 10.2. The fourth-order valence-corrected chi connectivity index (χ4v) is 18.4. The molecule has 0 saturated heterocycles. The first-order valence-electron chi connectivity index (χ1n) is 10.7. The van der Waals surface area contributed by atoms with Gasteiger partial charge in [-0.25, -0.2) is 0 Å². The van der Waals surface area contributed by atoms with Gasteiger partial charge in [0.15, 0.2) is 7.83 Å². The van der Waals surface area contributed by atoms with Gasteiger partial charge in [0.25, 0.3) is 0 Å². The van der Waals surface area contributed by atoms with Crippen LogP contribution in [0.5, 0.6) is 0 Å². The maximum Gasteiger partial charge on any atom is 0.184 e. The number of benzene rings is 1. The first-order valence-corrected chi connectivity index (χ1v) is 17.1. The highest BCUT2D eigenvalue weighted by Gasteiger charge is 2.50. The molecule has 1 rings (SSSR count). The molecule has 0 heterocycles. The zero-order chi connectivity index (χ0) is 18.6. The van der Waals surface area contributed by atoms with Gasteiger partial charge in [0, 0.05) is 6.61 Å². The molecule has 0 aliphatic rings. The molecule has 0 spiro atoms. The maximum absolute atomic E-state index is 6.81. The summed E-state index contributed by atoms with van der Waals surface area (Å²) in [7, 11) is -3.31. The Labute approximate surface area is 159 Å².